The van der Waals surface area contributed by atoms with Crippen LogP contribution < -0.4 is 4.74 Å². The van der Waals surface area contributed by atoms with Gasteiger partial charge in [-0.25, -0.2) is 9.78 Å². The van der Waals surface area contributed by atoms with Crippen LogP contribution in [0.2, 0.25) is 4.47 Å². The van der Waals surface area contributed by atoms with Crippen molar-refractivity contribution in [2.45, 2.75) is 6.92 Å². The van der Waals surface area contributed by atoms with Crippen molar-refractivity contribution in [2.24, 2.45) is 0 Å². The van der Waals surface area contributed by atoms with Crippen LogP contribution in [0.1, 0.15) is 15.4 Å². The maximum Gasteiger partial charge on any atom is 0.355 e. The minimum Gasteiger partial charge on any atom is -0.422 e. The van der Waals surface area contributed by atoms with Crippen LogP contribution in [0.25, 0.3) is 10.8 Å². The van der Waals surface area contributed by atoms with Gasteiger partial charge in [0.15, 0.2) is 4.47 Å². The Labute approximate surface area is 124 Å². The number of hydrogen-bond donors (Lipinski definition) is 0. The third kappa shape index (κ3) is 2.53. The minimum atomic E-state index is -0.429. The molecule has 0 aliphatic rings. The van der Waals surface area contributed by atoms with Gasteiger partial charge in [-0.1, -0.05) is 53.3 Å². The molecule has 0 bridgehead atoms. The number of esters is 1. The molecule has 1 heterocycles. The first-order chi connectivity index (χ1) is 9.63. The lowest BCUT2D eigenvalue weighted by Crippen LogP contribution is -2.07. The first-order valence-electron chi connectivity index (χ1n) is 5.97. The topological polar surface area (TPSA) is 39.2 Å². The standard InChI is InChI=1S/C15H10ClNO2S/c1-9-13(20-15(16)17-9)14(18)19-12-7-6-10-4-2-3-5-11(10)8-12/h2-8H,1H3. The average Bonchev–Trinajstić information content (AvgIpc) is 2.78. The van der Waals surface area contributed by atoms with Gasteiger partial charge in [-0.3, -0.25) is 0 Å². The predicted octanol–water partition coefficient (Wildman–Crippen LogP) is 4.48. The molecular formula is C15H10ClNO2S. The summed E-state index contributed by atoms with van der Waals surface area (Å²) < 4.78 is 5.72. The summed E-state index contributed by atoms with van der Waals surface area (Å²) in [5, 5.41) is 2.13. The molecule has 0 aliphatic heterocycles. The fourth-order valence-corrected chi connectivity index (χ4v) is 2.96. The van der Waals surface area contributed by atoms with E-state index in [0.29, 0.717) is 20.8 Å². The molecule has 5 heteroatoms. The van der Waals surface area contributed by atoms with Crippen molar-refractivity contribution in [3.05, 3.63) is 57.5 Å². The molecule has 0 saturated heterocycles. The van der Waals surface area contributed by atoms with Crippen LogP contribution in [0.5, 0.6) is 5.75 Å². The largest absolute Gasteiger partial charge is 0.422 e. The molecule has 1 aromatic heterocycles. The summed E-state index contributed by atoms with van der Waals surface area (Å²) in [6.07, 6.45) is 0. The molecular weight excluding hydrogens is 294 g/mol. The summed E-state index contributed by atoms with van der Waals surface area (Å²) in [6, 6.07) is 13.4. The first-order valence-corrected chi connectivity index (χ1v) is 7.17. The average molecular weight is 304 g/mol. The fraction of sp³-hybridized carbons (Fsp3) is 0.0667. The second-order valence-electron chi connectivity index (χ2n) is 4.28. The molecule has 3 rings (SSSR count). The number of aromatic nitrogens is 1. The molecule has 0 spiro atoms. The number of hydrogen-bond acceptors (Lipinski definition) is 4. The van der Waals surface area contributed by atoms with Crippen molar-refractivity contribution < 1.29 is 9.53 Å². The van der Waals surface area contributed by atoms with E-state index in [4.69, 9.17) is 16.3 Å². The SMILES string of the molecule is Cc1nc(Cl)sc1C(=O)Oc1ccc2ccccc2c1. The number of halogens is 1. The Kier molecular flexibility index (Phi) is 3.42. The van der Waals surface area contributed by atoms with Crippen LogP contribution in [0, 0.1) is 6.92 Å². The molecule has 0 atom stereocenters. The van der Waals surface area contributed by atoms with E-state index >= 15 is 0 Å². The highest BCUT2D eigenvalue weighted by atomic mass is 35.5. The van der Waals surface area contributed by atoms with Gasteiger partial charge in [-0.05, 0) is 29.8 Å². The van der Waals surface area contributed by atoms with Gasteiger partial charge < -0.3 is 4.74 Å². The van der Waals surface area contributed by atoms with Crippen molar-refractivity contribution in [1.29, 1.82) is 0 Å². The molecule has 0 amide bonds. The van der Waals surface area contributed by atoms with Gasteiger partial charge in [-0.2, -0.15) is 0 Å². The normalized spacial score (nSPS) is 10.7. The Hall–Kier alpha value is -1.91. The summed E-state index contributed by atoms with van der Waals surface area (Å²) in [4.78, 5) is 16.5. The number of carbonyl (C=O) groups excluding carboxylic acids is 1. The van der Waals surface area contributed by atoms with Crippen molar-refractivity contribution in [1.82, 2.24) is 4.98 Å². The number of fused-ring (bicyclic) bond motifs is 1. The Morgan fingerprint density at radius 3 is 2.65 bits per heavy atom. The van der Waals surface area contributed by atoms with E-state index in [0.717, 1.165) is 22.1 Å². The van der Waals surface area contributed by atoms with Crippen LogP contribution in [-0.2, 0) is 0 Å². The maximum absolute atomic E-state index is 12.1. The Balaban J connectivity index is 1.89. The van der Waals surface area contributed by atoms with Crippen LogP contribution in [0.15, 0.2) is 42.5 Å². The van der Waals surface area contributed by atoms with Crippen molar-refractivity contribution in [3.63, 3.8) is 0 Å². The molecule has 3 aromatic rings. The molecule has 0 aliphatic carbocycles. The van der Waals surface area contributed by atoms with Gasteiger partial charge in [0.1, 0.15) is 10.6 Å². The van der Waals surface area contributed by atoms with E-state index in [1.165, 1.54) is 0 Å². The Bertz CT molecular complexity index is 797. The van der Waals surface area contributed by atoms with Crippen LogP contribution in [0.4, 0.5) is 0 Å². The first kappa shape index (κ1) is 13.1. The molecule has 0 unspecified atom stereocenters. The van der Waals surface area contributed by atoms with Gasteiger partial charge in [0.05, 0.1) is 5.69 Å². The fourth-order valence-electron chi connectivity index (χ4n) is 1.94. The van der Waals surface area contributed by atoms with Crippen molar-refractivity contribution >= 4 is 39.7 Å². The Morgan fingerprint density at radius 2 is 1.95 bits per heavy atom. The lowest BCUT2D eigenvalue weighted by Gasteiger charge is -2.04. The van der Waals surface area contributed by atoms with Gasteiger partial charge in [-0.15, -0.1) is 0 Å². The summed E-state index contributed by atoms with van der Waals surface area (Å²) >= 11 is 6.92. The predicted molar refractivity (Wildman–Crippen MR) is 80.8 cm³/mol. The molecule has 3 nitrogen and oxygen atoms in total. The zero-order valence-electron chi connectivity index (χ0n) is 10.6. The van der Waals surface area contributed by atoms with E-state index in [2.05, 4.69) is 4.98 Å². The Morgan fingerprint density at radius 1 is 1.20 bits per heavy atom. The van der Waals surface area contributed by atoms with E-state index in [9.17, 15) is 4.79 Å². The van der Waals surface area contributed by atoms with E-state index in [1.54, 1.807) is 13.0 Å². The monoisotopic (exact) mass is 303 g/mol. The van der Waals surface area contributed by atoms with Gasteiger partial charge in [0.2, 0.25) is 0 Å². The minimum absolute atomic E-state index is 0.341. The zero-order chi connectivity index (χ0) is 14.1. The molecule has 0 saturated carbocycles. The molecule has 100 valence electrons. The van der Waals surface area contributed by atoms with Crippen LogP contribution >= 0.6 is 22.9 Å². The molecule has 2 aromatic carbocycles. The lowest BCUT2D eigenvalue weighted by molar-refractivity contribution is 0.0739. The van der Waals surface area contributed by atoms with E-state index in [-0.39, 0.29) is 0 Å². The number of carbonyl (C=O) groups is 1. The third-order valence-corrected chi connectivity index (χ3v) is 4.13. The maximum atomic E-state index is 12.1. The summed E-state index contributed by atoms with van der Waals surface area (Å²) in [5.74, 6) is 0.0832. The van der Waals surface area contributed by atoms with Crippen molar-refractivity contribution in [3.8, 4) is 5.75 Å². The van der Waals surface area contributed by atoms with Gasteiger partial charge in [0, 0.05) is 0 Å². The van der Waals surface area contributed by atoms with E-state index in [1.807, 2.05) is 36.4 Å². The second-order valence-corrected chi connectivity index (χ2v) is 5.86. The number of nitrogens with zero attached hydrogens (tertiary/aromatic N) is 1. The quantitative estimate of drug-likeness (QED) is 0.517. The van der Waals surface area contributed by atoms with Crippen LogP contribution in [0.3, 0.4) is 0 Å². The zero-order valence-corrected chi connectivity index (χ0v) is 12.2. The molecule has 0 N–H and O–H groups in total. The summed E-state index contributed by atoms with van der Waals surface area (Å²) in [6.45, 7) is 1.74. The third-order valence-electron chi connectivity index (χ3n) is 2.89. The number of benzene rings is 2. The number of thiazole rings is 1. The molecule has 0 radical (unpaired) electrons. The smallest absolute Gasteiger partial charge is 0.355 e. The van der Waals surface area contributed by atoms with E-state index < -0.39 is 5.97 Å². The highest BCUT2D eigenvalue weighted by Crippen LogP contribution is 2.25. The summed E-state index contributed by atoms with van der Waals surface area (Å²) in [5.41, 5.74) is 0.589. The highest BCUT2D eigenvalue weighted by molar-refractivity contribution is 7.17. The van der Waals surface area contributed by atoms with Crippen molar-refractivity contribution in [2.75, 3.05) is 0 Å². The van der Waals surface area contributed by atoms with Gasteiger partial charge in [0.25, 0.3) is 0 Å². The number of rotatable bonds is 2. The number of aryl methyl sites for hydroxylation is 1. The molecule has 20 heavy (non-hydrogen) atoms. The highest BCUT2D eigenvalue weighted by Gasteiger charge is 2.16. The number of ether oxygens (including phenoxy) is 1. The molecule has 0 fully saturated rings. The summed E-state index contributed by atoms with van der Waals surface area (Å²) in [7, 11) is 0. The lowest BCUT2D eigenvalue weighted by atomic mass is 10.1. The second kappa shape index (κ2) is 5.23. The van der Waals surface area contributed by atoms with Gasteiger partial charge >= 0.3 is 5.97 Å². The van der Waals surface area contributed by atoms with Crippen LogP contribution in [-0.4, -0.2) is 11.0 Å².